The van der Waals surface area contributed by atoms with Crippen molar-refractivity contribution in [1.82, 2.24) is 9.55 Å². The van der Waals surface area contributed by atoms with Crippen molar-refractivity contribution in [3.63, 3.8) is 0 Å². The number of ether oxygens (including phenoxy) is 1. The summed E-state index contributed by atoms with van der Waals surface area (Å²) in [6, 6.07) is 8.61. The van der Waals surface area contributed by atoms with Crippen LogP contribution in [0.1, 0.15) is 6.42 Å². The average Bonchev–Trinajstić information content (AvgIpc) is 2.75. The number of anilines is 1. The molecule has 0 spiro atoms. The van der Waals surface area contributed by atoms with Crippen LogP contribution in [0.15, 0.2) is 46.3 Å². The number of carbonyl (C=O) groups excluding carboxylic acids is 1. The molecule has 3 rings (SSSR count). The van der Waals surface area contributed by atoms with E-state index in [0.29, 0.717) is 40.7 Å². The lowest BCUT2D eigenvalue weighted by Crippen LogP contribution is -2.25. The first kappa shape index (κ1) is 24.0. The molecule has 3 aromatic rings. The van der Waals surface area contributed by atoms with Crippen molar-refractivity contribution in [2.24, 2.45) is 0 Å². The Bertz CT molecular complexity index is 1230. The van der Waals surface area contributed by atoms with Gasteiger partial charge in [0.15, 0.2) is 5.16 Å². The number of aromatic nitrogens is 2. The molecule has 0 radical (unpaired) electrons. The summed E-state index contributed by atoms with van der Waals surface area (Å²) in [4.78, 5) is 40.2. The van der Waals surface area contributed by atoms with Gasteiger partial charge in [-0.05, 0) is 30.7 Å². The monoisotopic (exact) mass is 496 g/mol. The third kappa shape index (κ3) is 5.77. The van der Waals surface area contributed by atoms with Crippen molar-refractivity contribution >= 4 is 63.1 Å². The van der Waals surface area contributed by atoms with Gasteiger partial charge in [-0.25, -0.2) is 4.98 Å². The molecule has 0 atom stereocenters. The Labute approximate surface area is 196 Å². The summed E-state index contributed by atoms with van der Waals surface area (Å²) >= 11 is 13.1. The molecule has 9 nitrogen and oxygen atoms in total. The van der Waals surface area contributed by atoms with Crippen LogP contribution in [0.3, 0.4) is 0 Å². The molecule has 0 bridgehead atoms. The molecule has 0 unspecified atom stereocenters. The Morgan fingerprint density at radius 2 is 2.06 bits per heavy atom. The van der Waals surface area contributed by atoms with E-state index in [2.05, 4.69) is 10.3 Å². The molecule has 32 heavy (non-hydrogen) atoms. The van der Waals surface area contributed by atoms with E-state index in [4.69, 9.17) is 27.9 Å². The second-order valence-corrected chi connectivity index (χ2v) is 8.40. The Hall–Kier alpha value is -2.66. The standard InChI is InChI=1S/C20H18Cl2N4O5S/c1-31-8-2-7-25-19(28)14-5-3-12(21)9-17(14)24-20(25)32-11-18(27)23-16-6-4-13(26(29)30)10-15(16)22/h3-6,9-10H,2,7-8,11H2,1H3,(H,23,27). The van der Waals surface area contributed by atoms with E-state index in [9.17, 15) is 19.7 Å². The molecule has 1 heterocycles. The van der Waals surface area contributed by atoms with Gasteiger partial charge in [-0.2, -0.15) is 0 Å². The van der Waals surface area contributed by atoms with Gasteiger partial charge in [0.2, 0.25) is 5.91 Å². The summed E-state index contributed by atoms with van der Waals surface area (Å²) in [5.74, 6) is -0.467. The molecule has 0 saturated carbocycles. The third-order valence-corrected chi connectivity index (χ3v) is 5.91. The summed E-state index contributed by atoms with van der Waals surface area (Å²) in [5, 5.41) is 14.7. The van der Waals surface area contributed by atoms with E-state index >= 15 is 0 Å². The second kappa shape index (κ2) is 10.8. The normalized spacial score (nSPS) is 11.0. The first-order valence-electron chi connectivity index (χ1n) is 9.35. The molecule has 0 aliphatic carbocycles. The first-order valence-corrected chi connectivity index (χ1v) is 11.1. The Kier molecular flexibility index (Phi) is 8.08. The van der Waals surface area contributed by atoms with E-state index in [1.54, 1.807) is 25.3 Å². The summed E-state index contributed by atoms with van der Waals surface area (Å²) in [7, 11) is 1.58. The number of benzene rings is 2. The molecule has 0 fully saturated rings. The summed E-state index contributed by atoms with van der Waals surface area (Å²) in [5.41, 5.74) is 0.274. The molecule has 0 aliphatic heterocycles. The molecular formula is C20H18Cl2N4O5S. The molecular weight excluding hydrogens is 479 g/mol. The average molecular weight is 497 g/mol. The predicted molar refractivity (Wildman–Crippen MR) is 125 cm³/mol. The molecule has 0 aliphatic rings. The largest absolute Gasteiger partial charge is 0.385 e. The van der Waals surface area contributed by atoms with Gasteiger partial charge in [0.25, 0.3) is 11.2 Å². The van der Waals surface area contributed by atoms with E-state index in [0.717, 1.165) is 17.8 Å². The van der Waals surface area contributed by atoms with Crippen molar-refractivity contribution in [3.05, 3.63) is 66.9 Å². The number of amides is 1. The van der Waals surface area contributed by atoms with Gasteiger partial charge in [0, 0.05) is 37.4 Å². The SMILES string of the molecule is COCCCn1c(SCC(=O)Nc2ccc([N+](=O)[O-])cc2Cl)nc2cc(Cl)ccc2c1=O. The van der Waals surface area contributed by atoms with Crippen LogP contribution in [0.2, 0.25) is 10.0 Å². The predicted octanol–water partition coefficient (Wildman–Crippen LogP) is 4.38. The van der Waals surface area contributed by atoms with Gasteiger partial charge in [-0.15, -0.1) is 0 Å². The molecule has 1 N–H and O–H groups in total. The zero-order valence-electron chi connectivity index (χ0n) is 16.8. The maximum absolute atomic E-state index is 13.0. The highest BCUT2D eigenvalue weighted by Gasteiger charge is 2.15. The lowest BCUT2D eigenvalue weighted by Gasteiger charge is -2.13. The number of rotatable bonds is 9. The summed E-state index contributed by atoms with van der Waals surface area (Å²) in [6.45, 7) is 0.838. The summed E-state index contributed by atoms with van der Waals surface area (Å²) < 4.78 is 6.57. The fourth-order valence-corrected chi connectivity index (χ4v) is 4.10. The van der Waals surface area contributed by atoms with Crippen LogP contribution in [0.5, 0.6) is 0 Å². The van der Waals surface area contributed by atoms with Crippen LogP contribution < -0.4 is 10.9 Å². The topological polar surface area (TPSA) is 116 Å². The molecule has 2 aromatic carbocycles. The van der Waals surface area contributed by atoms with E-state index in [1.165, 1.54) is 16.7 Å². The number of thioether (sulfide) groups is 1. The minimum absolute atomic E-state index is 0.0486. The number of nitrogens with zero attached hydrogens (tertiary/aromatic N) is 3. The van der Waals surface area contributed by atoms with Crippen LogP contribution in [0.4, 0.5) is 11.4 Å². The van der Waals surface area contributed by atoms with Crippen molar-refractivity contribution in [2.45, 2.75) is 18.1 Å². The van der Waals surface area contributed by atoms with Crippen LogP contribution in [0.25, 0.3) is 10.9 Å². The molecule has 168 valence electrons. The van der Waals surface area contributed by atoms with Crippen molar-refractivity contribution in [3.8, 4) is 0 Å². The van der Waals surface area contributed by atoms with Crippen molar-refractivity contribution < 1.29 is 14.5 Å². The van der Waals surface area contributed by atoms with Gasteiger partial charge >= 0.3 is 0 Å². The highest BCUT2D eigenvalue weighted by atomic mass is 35.5. The van der Waals surface area contributed by atoms with Crippen LogP contribution in [0, 0.1) is 10.1 Å². The van der Waals surface area contributed by atoms with Gasteiger partial charge in [0.1, 0.15) is 0 Å². The number of hydrogen-bond acceptors (Lipinski definition) is 7. The lowest BCUT2D eigenvalue weighted by atomic mass is 10.2. The summed E-state index contributed by atoms with van der Waals surface area (Å²) in [6.07, 6.45) is 0.593. The number of nitrogens with one attached hydrogen (secondary N) is 1. The molecule has 12 heteroatoms. The zero-order valence-corrected chi connectivity index (χ0v) is 19.2. The molecule has 1 aromatic heterocycles. The molecule has 0 saturated heterocycles. The number of nitro groups is 1. The number of methoxy groups -OCH3 is 1. The third-order valence-electron chi connectivity index (χ3n) is 4.38. The van der Waals surface area contributed by atoms with Crippen LogP contribution >= 0.6 is 35.0 Å². The smallest absolute Gasteiger partial charge is 0.271 e. The fourth-order valence-electron chi connectivity index (χ4n) is 2.88. The number of nitro benzene ring substituents is 1. The van der Waals surface area contributed by atoms with Gasteiger partial charge in [-0.1, -0.05) is 35.0 Å². The highest BCUT2D eigenvalue weighted by molar-refractivity contribution is 7.99. The van der Waals surface area contributed by atoms with Crippen molar-refractivity contribution in [2.75, 3.05) is 24.8 Å². The van der Waals surface area contributed by atoms with Crippen molar-refractivity contribution in [1.29, 1.82) is 0 Å². The van der Waals surface area contributed by atoms with Gasteiger partial charge < -0.3 is 10.1 Å². The Morgan fingerprint density at radius 3 is 2.75 bits per heavy atom. The van der Waals surface area contributed by atoms with Gasteiger partial charge in [0.05, 0.1) is 32.3 Å². The van der Waals surface area contributed by atoms with E-state index in [-0.39, 0.29) is 27.7 Å². The maximum atomic E-state index is 13.0. The Morgan fingerprint density at radius 1 is 1.28 bits per heavy atom. The quantitative estimate of drug-likeness (QED) is 0.153. The van der Waals surface area contributed by atoms with Crippen LogP contribution in [-0.4, -0.2) is 39.9 Å². The second-order valence-electron chi connectivity index (χ2n) is 6.62. The zero-order chi connectivity index (χ0) is 23.3. The Balaban J connectivity index is 1.81. The minimum Gasteiger partial charge on any atom is -0.385 e. The molecule has 1 amide bonds. The van der Waals surface area contributed by atoms with Crippen LogP contribution in [-0.2, 0) is 16.1 Å². The number of halogens is 2. The fraction of sp³-hybridized carbons (Fsp3) is 0.250. The number of carbonyl (C=O) groups is 1. The van der Waals surface area contributed by atoms with Gasteiger partial charge in [-0.3, -0.25) is 24.3 Å². The number of non-ortho nitro benzene ring substituents is 1. The number of hydrogen-bond donors (Lipinski definition) is 1. The van der Waals surface area contributed by atoms with E-state index in [1.807, 2.05) is 0 Å². The lowest BCUT2D eigenvalue weighted by molar-refractivity contribution is -0.384. The first-order chi connectivity index (χ1) is 15.3. The minimum atomic E-state index is -0.576. The highest BCUT2D eigenvalue weighted by Crippen LogP contribution is 2.27. The van der Waals surface area contributed by atoms with E-state index < -0.39 is 10.8 Å². The number of fused-ring (bicyclic) bond motifs is 1. The maximum Gasteiger partial charge on any atom is 0.271 e.